The summed E-state index contributed by atoms with van der Waals surface area (Å²) in [7, 11) is 0. The molecule has 2 fully saturated rings. The molecule has 2 aromatic carbocycles. The lowest BCUT2D eigenvalue weighted by atomic mass is 10.0. The second-order valence-corrected chi connectivity index (χ2v) is 14.6. The van der Waals surface area contributed by atoms with Crippen molar-refractivity contribution >= 4 is 28.1 Å². The monoisotopic (exact) mass is 641 g/mol. The number of hydrogen-bond donors (Lipinski definition) is 0. The maximum absolute atomic E-state index is 15.7. The molecule has 1 saturated heterocycles. The lowest BCUT2D eigenvalue weighted by molar-refractivity contribution is 0.0201. The number of alkyl halides is 2. The number of imidazole rings is 1. The number of benzene rings is 2. The molecule has 1 spiro atoms. The van der Waals surface area contributed by atoms with Crippen molar-refractivity contribution in [2.75, 3.05) is 6.54 Å². The van der Waals surface area contributed by atoms with Gasteiger partial charge < -0.3 is 9.47 Å². The molecule has 3 aromatic rings. The quantitative estimate of drug-likeness (QED) is 0.280. The van der Waals surface area contributed by atoms with Gasteiger partial charge in [-0.3, -0.25) is 4.90 Å². The van der Waals surface area contributed by atoms with Crippen molar-refractivity contribution in [2.45, 2.75) is 84.0 Å². The zero-order valence-electron chi connectivity index (χ0n) is 24.6. The van der Waals surface area contributed by atoms with E-state index in [9.17, 15) is 9.59 Å². The standard InChI is InChI=1S/C32H34BrF2N3O4/c1-29(2,3)41-27(39)37-17-31(11-12-31)15-24(37)26-36-16-25(38(26)28(40)42-30(4,5)6)18-7-9-20-21-10-8-19(33)14-23(21)32(34,35)22(20)13-18/h7-10,13-14,16,24H,11-12,15,17H2,1-6H3/t24-/m1/s1. The molecule has 42 heavy (non-hydrogen) atoms. The highest BCUT2D eigenvalue weighted by molar-refractivity contribution is 9.10. The molecule has 1 atom stereocenters. The Labute approximate surface area is 252 Å². The van der Waals surface area contributed by atoms with Gasteiger partial charge in [-0.1, -0.05) is 34.1 Å². The van der Waals surface area contributed by atoms with Crippen LogP contribution in [-0.2, 0) is 15.4 Å². The number of likely N-dealkylation sites (tertiary alicyclic amines) is 1. The minimum absolute atomic E-state index is 0.0396. The summed E-state index contributed by atoms with van der Waals surface area (Å²) >= 11 is 3.31. The molecule has 10 heteroatoms. The predicted octanol–water partition coefficient (Wildman–Crippen LogP) is 8.68. The molecule has 1 amide bonds. The number of carbonyl (C=O) groups excluding carboxylic acids is 2. The number of halogens is 3. The van der Waals surface area contributed by atoms with E-state index in [1.807, 2.05) is 20.8 Å². The van der Waals surface area contributed by atoms with Gasteiger partial charge >= 0.3 is 12.2 Å². The summed E-state index contributed by atoms with van der Waals surface area (Å²) in [5.41, 5.74) is -0.147. The third-order valence-electron chi connectivity index (χ3n) is 8.02. The Morgan fingerprint density at radius 1 is 0.929 bits per heavy atom. The fourth-order valence-electron chi connectivity index (χ4n) is 6.00. The number of nitrogens with zero attached hydrogens (tertiary/aromatic N) is 3. The largest absolute Gasteiger partial charge is 0.444 e. The Hall–Kier alpha value is -3.27. The van der Waals surface area contributed by atoms with Crippen LogP contribution < -0.4 is 0 Å². The topological polar surface area (TPSA) is 73.7 Å². The van der Waals surface area contributed by atoms with E-state index in [1.165, 1.54) is 22.9 Å². The first kappa shape index (κ1) is 28.8. The number of hydrogen-bond acceptors (Lipinski definition) is 5. The molecular formula is C32H34BrF2N3O4. The second kappa shape index (κ2) is 9.36. The van der Waals surface area contributed by atoms with Crippen molar-refractivity contribution in [3.63, 3.8) is 0 Å². The van der Waals surface area contributed by atoms with E-state index in [1.54, 1.807) is 49.9 Å². The highest BCUT2D eigenvalue weighted by atomic mass is 79.9. The van der Waals surface area contributed by atoms with Crippen LogP contribution in [0.15, 0.2) is 47.1 Å². The number of carbonyl (C=O) groups is 2. The molecule has 7 nitrogen and oxygen atoms in total. The first-order chi connectivity index (χ1) is 19.5. The molecule has 6 rings (SSSR count). The molecule has 0 unspecified atom stereocenters. The van der Waals surface area contributed by atoms with Crippen LogP contribution in [0.1, 0.15) is 83.8 Å². The Bertz CT molecular complexity index is 1610. The number of aromatic nitrogens is 2. The highest BCUT2D eigenvalue weighted by Crippen LogP contribution is 2.59. The third kappa shape index (κ3) is 5.01. The van der Waals surface area contributed by atoms with Gasteiger partial charge in [-0.2, -0.15) is 8.78 Å². The van der Waals surface area contributed by atoms with Gasteiger partial charge in [0.05, 0.1) is 17.9 Å². The van der Waals surface area contributed by atoms with Crippen molar-refractivity contribution in [1.29, 1.82) is 0 Å². The molecular weight excluding hydrogens is 608 g/mol. The Kier molecular flexibility index (Phi) is 6.43. The van der Waals surface area contributed by atoms with Crippen LogP contribution in [0, 0.1) is 5.41 Å². The van der Waals surface area contributed by atoms with Gasteiger partial charge in [-0.25, -0.2) is 19.1 Å². The van der Waals surface area contributed by atoms with Gasteiger partial charge in [0.2, 0.25) is 0 Å². The van der Waals surface area contributed by atoms with E-state index in [-0.39, 0.29) is 16.5 Å². The smallest absolute Gasteiger partial charge is 0.420 e. The van der Waals surface area contributed by atoms with Crippen molar-refractivity contribution < 1.29 is 27.8 Å². The first-order valence-electron chi connectivity index (χ1n) is 14.1. The third-order valence-corrected chi connectivity index (χ3v) is 8.51. The van der Waals surface area contributed by atoms with Gasteiger partial charge in [-0.15, -0.1) is 0 Å². The summed E-state index contributed by atoms with van der Waals surface area (Å²) < 4.78 is 44.8. The van der Waals surface area contributed by atoms with Crippen LogP contribution in [0.3, 0.4) is 0 Å². The van der Waals surface area contributed by atoms with E-state index in [2.05, 4.69) is 20.9 Å². The predicted molar refractivity (Wildman–Crippen MR) is 157 cm³/mol. The van der Waals surface area contributed by atoms with Gasteiger partial charge in [0.25, 0.3) is 5.92 Å². The maximum Gasteiger partial charge on any atom is 0.420 e. The number of ether oxygens (including phenoxy) is 2. The van der Waals surface area contributed by atoms with E-state index in [0.717, 1.165) is 12.8 Å². The molecule has 2 aliphatic carbocycles. The lowest BCUT2D eigenvalue weighted by Gasteiger charge is -2.29. The zero-order chi connectivity index (χ0) is 30.4. The molecule has 1 aromatic heterocycles. The molecule has 0 radical (unpaired) electrons. The highest BCUT2D eigenvalue weighted by Gasteiger charge is 2.56. The van der Waals surface area contributed by atoms with Gasteiger partial charge in [0.1, 0.15) is 17.0 Å². The van der Waals surface area contributed by atoms with E-state index < -0.39 is 35.4 Å². The summed E-state index contributed by atoms with van der Waals surface area (Å²) in [6, 6.07) is 9.13. The molecule has 2 heterocycles. The first-order valence-corrected chi connectivity index (χ1v) is 14.9. The average Bonchev–Trinajstić information content (AvgIpc) is 3.22. The fraction of sp³-hybridized carbons (Fsp3) is 0.469. The molecule has 222 valence electrons. The van der Waals surface area contributed by atoms with Crippen LogP contribution >= 0.6 is 15.9 Å². The normalized spacial score (nSPS) is 19.9. The van der Waals surface area contributed by atoms with Crippen LogP contribution in [-0.4, -0.2) is 44.4 Å². The average molecular weight is 643 g/mol. The van der Waals surface area contributed by atoms with Gasteiger partial charge in [0.15, 0.2) is 0 Å². The Balaban J connectivity index is 1.46. The molecule has 0 N–H and O–H groups in total. The fourth-order valence-corrected chi connectivity index (χ4v) is 6.36. The number of rotatable bonds is 2. The van der Waals surface area contributed by atoms with Crippen molar-refractivity contribution in [1.82, 2.24) is 14.5 Å². The molecule has 1 saturated carbocycles. The summed E-state index contributed by atoms with van der Waals surface area (Å²) in [6.07, 6.45) is 2.91. The molecule has 0 bridgehead atoms. The van der Waals surface area contributed by atoms with Crippen molar-refractivity contribution in [3.8, 4) is 22.4 Å². The van der Waals surface area contributed by atoms with Crippen LogP contribution in [0.25, 0.3) is 22.4 Å². The van der Waals surface area contributed by atoms with Gasteiger partial charge in [0, 0.05) is 27.7 Å². The minimum Gasteiger partial charge on any atom is -0.444 e. The van der Waals surface area contributed by atoms with Crippen molar-refractivity contribution in [3.05, 3.63) is 64.0 Å². The molecule has 3 aliphatic rings. The minimum atomic E-state index is -3.22. The van der Waals surface area contributed by atoms with E-state index >= 15 is 8.78 Å². The SMILES string of the molecule is CC(C)(C)OC(=O)N1CC2(CC2)C[C@@H]1c1ncc(-c2ccc3c(c2)C(F)(F)c2cc(Br)ccc2-3)n1C(=O)OC(C)(C)C. The zero-order valence-corrected chi connectivity index (χ0v) is 26.1. The Morgan fingerprint density at radius 3 is 2.14 bits per heavy atom. The van der Waals surface area contributed by atoms with Crippen LogP contribution in [0.2, 0.25) is 0 Å². The van der Waals surface area contributed by atoms with Crippen LogP contribution in [0.5, 0.6) is 0 Å². The number of fused-ring (bicyclic) bond motifs is 3. The lowest BCUT2D eigenvalue weighted by Crippen LogP contribution is -2.38. The summed E-state index contributed by atoms with van der Waals surface area (Å²) in [6.45, 7) is 11.2. The second-order valence-electron chi connectivity index (χ2n) is 13.7. The van der Waals surface area contributed by atoms with Crippen molar-refractivity contribution in [2.24, 2.45) is 5.41 Å². The van der Waals surface area contributed by atoms with Gasteiger partial charge in [-0.05, 0) is 95.5 Å². The Morgan fingerprint density at radius 2 is 1.52 bits per heavy atom. The van der Waals surface area contributed by atoms with E-state index in [4.69, 9.17) is 9.47 Å². The number of amides is 1. The van der Waals surface area contributed by atoms with Crippen LogP contribution in [0.4, 0.5) is 18.4 Å². The maximum atomic E-state index is 15.7. The summed E-state index contributed by atoms with van der Waals surface area (Å²) in [4.78, 5) is 33.4. The van der Waals surface area contributed by atoms with E-state index in [0.29, 0.717) is 45.6 Å². The molecule has 1 aliphatic heterocycles. The summed E-state index contributed by atoms with van der Waals surface area (Å²) in [5, 5.41) is 0. The summed E-state index contributed by atoms with van der Waals surface area (Å²) in [5.74, 6) is -2.89.